The molecule has 1 aromatic heterocycles. The summed E-state index contributed by atoms with van der Waals surface area (Å²) in [7, 11) is -3.96. The van der Waals surface area contributed by atoms with Crippen molar-refractivity contribution >= 4 is 43.9 Å². The molecule has 12 heteroatoms. The number of rotatable bonds is 9. The fourth-order valence-corrected chi connectivity index (χ4v) is 5.02. The Morgan fingerprint density at radius 2 is 1.78 bits per heavy atom. The van der Waals surface area contributed by atoms with Crippen LogP contribution < -0.4 is 5.32 Å². The number of nitrogens with one attached hydrogen (secondary N) is 1. The van der Waals surface area contributed by atoms with Crippen molar-refractivity contribution in [2.45, 2.75) is 21.9 Å². The van der Waals surface area contributed by atoms with Gasteiger partial charge in [-0.25, -0.2) is 13.4 Å². The molecule has 0 fully saturated rings. The van der Waals surface area contributed by atoms with E-state index in [2.05, 4.69) is 10.3 Å². The van der Waals surface area contributed by atoms with Crippen molar-refractivity contribution in [2.24, 2.45) is 0 Å². The number of nitro benzene ring substituents is 1. The Bertz CT molecular complexity index is 1220. The summed E-state index contributed by atoms with van der Waals surface area (Å²) >= 11 is 0.710. The van der Waals surface area contributed by atoms with Gasteiger partial charge in [-0.05, 0) is 24.1 Å². The standard InChI is InChI=1S/C20H17N3O7S2/c24-17(13-30-18(25)11-6-14-4-2-1-3-5-14)22-20-21-12-19(31-20)32(28,29)16-9-7-15(8-10-16)23(26)27/h1-5,7-10,12H,6,11,13H2,(H,21,22,24). The van der Waals surface area contributed by atoms with Crippen LogP contribution >= 0.6 is 11.3 Å². The summed E-state index contributed by atoms with van der Waals surface area (Å²) in [6, 6.07) is 13.8. The molecule has 3 rings (SSSR count). The number of amides is 1. The molecule has 0 aliphatic rings. The maximum Gasteiger partial charge on any atom is 0.306 e. The molecule has 1 heterocycles. The van der Waals surface area contributed by atoms with E-state index in [1.165, 1.54) is 0 Å². The fraction of sp³-hybridized carbons (Fsp3) is 0.150. The van der Waals surface area contributed by atoms with Gasteiger partial charge in [-0.15, -0.1) is 0 Å². The molecule has 0 atom stereocenters. The first-order chi connectivity index (χ1) is 15.3. The number of aryl methyl sites for hydroxylation is 1. The molecule has 32 heavy (non-hydrogen) atoms. The van der Waals surface area contributed by atoms with Gasteiger partial charge in [0.2, 0.25) is 9.84 Å². The molecule has 1 N–H and O–H groups in total. The van der Waals surface area contributed by atoms with E-state index in [9.17, 15) is 28.1 Å². The van der Waals surface area contributed by atoms with E-state index >= 15 is 0 Å². The lowest BCUT2D eigenvalue weighted by Gasteiger charge is -2.05. The van der Waals surface area contributed by atoms with E-state index in [4.69, 9.17) is 4.74 Å². The molecule has 10 nitrogen and oxygen atoms in total. The predicted molar refractivity (Wildman–Crippen MR) is 115 cm³/mol. The van der Waals surface area contributed by atoms with Gasteiger partial charge < -0.3 is 4.74 Å². The molecule has 2 aromatic carbocycles. The van der Waals surface area contributed by atoms with Crippen molar-refractivity contribution in [1.29, 1.82) is 0 Å². The van der Waals surface area contributed by atoms with Crippen LogP contribution in [-0.2, 0) is 30.6 Å². The third-order valence-corrected chi connectivity index (χ3v) is 7.32. The predicted octanol–water partition coefficient (Wildman–Crippen LogP) is 3.00. The average Bonchev–Trinajstić information content (AvgIpc) is 3.26. The van der Waals surface area contributed by atoms with Gasteiger partial charge in [-0.3, -0.25) is 25.0 Å². The normalized spacial score (nSPS) is 11.0. The number of carbonyl (C=O) groups is 2. The molecular formula is C20H17N3O7S2. The van der Waals surface area contributed by atoms with Crippen molar-refractivity contribution < 1.29 is 27.7 Å². The zero-order valence-electron chi connectivity index (χ0n) is 16.5. The van der Waals surface area contributed by atoms with Gasteiger partial charge in [0.1, 0.15) is 4.21 Å². The van der Waals surface area contributed by atoms with E-state index < -0.39 is 33.2 Å². The number of hydrogen-bond donors (Lipinski definition) is 1. The number of hydrogen-bond acceptors (Lipinski definition) is 9. The van der Waals surface area contributed by atoms with E-state index in [-0.39, 0.29) is 26.3 Å². The molecule has 0 aliphatic carbocycles. The van der Waals surface area contributed by atoms with Crippen molar-refractivity contribution in [1.82, 2.24) is 4.98 Å². The summed E-state index contributed by atoms with van der Waals surface area (Å²) < 4.78 is 30.0. The Morgan fingerprint density at radius 3 is 2.44 bits per heavy atom. The van der Waals surface area contributed by atoms with Gasteiger partial charge in [0.25, 0.3) is 11.6 Å². The van der Waals surface area contributed by atoms with Crippen molar-refractivity contribution in [2.75, 3.05) is 11.9 Å². The fourth-order valence-electron chi connectivity index (χ4n) is 2.57. The molecule has 3 aromatic rings. The molecular weight excluding hydrogens is 458 g/mol. The number of thiazole rings is 1. The monoisotopic (exact) mass is 475 g/mol. The Hall–Kier alpha value is -3.64. The first-order valence-corrected chi connectivity index (χ1v) is 11.5. The summed E-state index contributed by atoms with van der Waals surface area (Å²) in [5.74, 6) is -1.20. The maximum atomic E-state index is 12.6. The minimum absolute atomic E-state index is 0.0100. The molecule has 0 bridgehead atoms. The number of anilines is 1. The quantitative estimate of drug-likeness (QED) is 0.282. The molecule has 0 unspecified atom stereocenters. The summed E-state index contributed by atoms with van der Waals surface area (Å²) in [5.41, 5.74) is 0.734. The SMILES string of the molecule is O=C(COC(=O)CCc1ccccc1)Nc1ncc(S(=O)(=O)c2ccc([N+](=O)[O-])cc2)s1. The van der Waals surface area contributed by atoms with Gasteiger partial charge in [0, 0.05) is 18.6 Å². The highest BCUT2D eigenvalue weighted by atomic mass is 32.2. The minimum atomic E-state index is -3.96. The van der Waals surface area contributed by atoms with Crippen molar-refractivity contribution in [3.05, 3.63) is 76.5 Å². The summed E-state index contributed by atoms with van der Waals surface area (Å²) in [4.78, 5) is 37.6. The van der Waals surface area contributed by atoms with Gasteiger partial charge in [-0.1, -0.05) is 41.7 Å². The Kier molecular flexibility index (Phi) is 7.28. The lowest BCUT2D eigenvalue weighted by Crippen LogP contribution is -2.20. The molecule has 0 saturated carbocycles. The topological polar surface area (TPSA) is 146 Å². The molecule has 0 radical (unpaired) electrons. The third kappa shape index (κ3) is 5.95. The number of sulfone groups is 1. The average molecular weight is 476 g/mol. The van der Waals surface area contributed by atoms with Crippen LogP contribution in [0.2, 0.25) is 0 Å². The number of nitro groups is 1. The van der Waals surface area contributed by atoms with E-state index in [1.54, 1.807) is 0 Å². The van der Waals surface area contributed by atoms with Crippen LogP contribution in [0.3, 0.4) is 0 Å². The molecule has 1 amide bonds. The van der Waals surface area contributed by atoms with Gasteiger partial charge in [0.15, 0.2) is 11.7 Å². The first kappa shape index (κ1) is 23.0. The second kappa shape index (κ2) is 10.1. The van der Waals surface area contributed by atoms with Crippen molar-refractivity contribution in [3.63, 3.8) is 0 Å². The largest absolute Gasteiger partial charge is 0.456 e. The summed E-state index contributed by atoms with van der Waals surface area (Å²) in [6.45, 7) is -0.530. The second-order valence-electron chi connectivity index (χ2n) is 6.43. The number of esters is 1. The van der Waals surface area contributed by atoms with Crippen LogP contribution in [0, 0.1) is 10.1 Å². The van der Waals surface area contributed by atoms with E-state index in [0.29, 0.717) is 17.8 Å². The lowest BCUT2D eigenvalue weighted by molar-refractivity contribution is -0.384. The second-order valence-corrected chi connectivity index (χ2v) is 9.64. The number of nitrogens with zero attached hydrogens (tertiary/aromatic N) is 2. The molecule has 166 valence electrons. The van der Waals surface area contributed by atoms with E-state index in [0.717, 1.165) is 36.0 Å². The number of aromatic nitrogens is 1. The van der Waals surface area contributed by atoms with Crippen molar-refractivity contribution in [3.8, 4) is 0 Å². The van der Waals surface area contributed by atoms with Crippen LogP contribution in [0.5, 0.6) is 0 Å². The number of carbonyl (C=O) groups excluding carboxylic acids is 2. The zero-order chi connectivity index (χ0) is 23.1. The van der Waals surface area contributed by atoms with Crippen LogP contribution in [-0.4, -0.2) is 36.8 Å². The van der Waals surface area contributed by atoms with Gasteiger partial charge in [-0.2, -0.15) is 0 Å². The molecule has 0 spiro atoms. The summed E-state index contributed by atoms with van der Waals surface area (Å²) in [6.07, 6.45) is 1.67. The Labute approximate surface area is 186 Å². The zero-order valence-corrected chi connectivity index (χ0v) is 18.1. The lowest BCUT2D eigenvalue weighted by atomic mass is 10.1. The Balaban J connectivity index is 1.53. The van der Waals surface area contributed by atoms with Crippen LogP contribution in [0.15, 0.2) is 69.9 Å². The van der Waals surface area contributed by atoms with Crippen LogP contribution in [0.1, 0.15) is 12.0 Å². The smallest absolute Gasteiger partial charge is 0.306 e. The van der Waals surface area contributed by atoms with Gasteiger partial charge in [0.05, 0.1) is 16.0 Å². The third-order valence-electron chi connectivity index (χ3n) is 4.18. The summed E-state index contributed by atoms with van der Waals surface area (Å²) in [5, 5.41) is 13.1. The highest BCUT2D eigenvalue weighted by Crippen LogP contribution is 2.29. The van der Waals surface area contributed by atoms with E-state index in [1.807, 2.05) is 30.3 Å². The van der Waals surface area contributed by atoms with Crippen LogP contribution in [0.25, 0.3) is 0 Å². The first-order valence-electron chi connectivity index (χ1n) is 9.20. The number of ether oxygens (including phenoxy) is 1. The molecule has 0 saturated heterocycles. The maximum absolute atomic E-state index is 12.6. The van der Waals surface area contributed by atoms with Crippen LogP contribution in [0.4, 0.5) is 10.8 Å². The number of non-ortho nitro benzene ring substituents is 1. The highest BCUT2D eigenvalue weighted by molar-refractivity contribution is 7.93. The van der Waals surface area contributed by atoms with Gasteiger partial charge >= 0.3 is 5.97 Å². The Morgan fingerprint density at radius 1 is 1.09 bits per heavy atom. The number of benzene rings is 2. The molecule has 0 aliphatic heterocycles. The highest BCUT2D eigenvalue weighted by Gasteiger charge is 2.22. The minimum Gasteiger partial charge on any atom is -0.456 e.